The molecule has 190 valence electrons. The Morgan fingerprint density at radius 3 is 2.74 bits per heavy atom. The highest BCUT2D eigenvalue weighted by Crippen LogP contribution is 2.33. The summed E-state index contributed by atoms with van der Waals surface area (Å²) in [6.07, 6.45) is 1.69. The maximum atomic E-state index is 13.5. The van der Waals surface area contributed by atoms with Gasteiger partial charge in [-0.2, -0.15) is 9.78 Å². The summed E-state index contributed by atoms with van der Waals surface area (Å²) < 4.78 is 19.4. The Morgan fingerprint density at radius 1 is 1.03 bits per heavy atom. The fourth-order valence-corrected chi connectivity index (χ4v) is 4.85. The maximum absolute atomic E-state index is 13.5. The number of hydrogen-bond acceptors (Lipinski definition) is 6. The van der Waals surface area contributed by atoms with E-state index in [-0.39, 0.29) is 18.3 Å². The van der Waals surface area contributed by atoms with Gasteiger partial charge in [0.05, 0.1) is 17.1 Å². The predicted octanol–water partition coefficient (Wildman–Crippen LogP) is 6.63. The number of halogens is 1. The Kier molecular flexibility index (Phi) is 6.33. The highest BCUT2D eigenvalue weighted by Gasteiger charge is 2.16. The summed E-state index contributed by atoms with van der Waals surface area (Å²) in [6.45, 7) is 4.55. The summed E-state index contributed by atoms with van der Waals surface area (Å²) in [7, 11) is 0. The molecule has 0 bridgehead atoms. The normalized spacial score (nSPS) is 12.7. The molecule has 6 rings (SSSR count). The molecule has 0 saturated carbocycles. The number of fused-ring (bicyclic) bond motifs is 3. The van der Waals surface area contributed by atoms with Gasteiger partial charge < -0.3 is 14.2 Å². The van der Waals surface area contributed by atoms with Gasteiger partial charge in [-0.05, 0) is 52.7 Å². The molecular weight excluding hydrogens is 546 g/mol. The third-order valence-corrected chi connectivity index (χ3v) is 6.91. The summed E-state index contributed by atoms with van der Waals surface area (Å²) in [6, 6.07) is 23.2. The average Bonchev–Trinajstić information content (AvgIpc) is 3.40. The number of nitrogens with zero attached hydrogens (tertiary/aromatic N) is 3. The molecule has 8 heteroatoms. The molecule has 0 radical (unpaired) electrons. The first-order chi connectivity index (χ1) is 18.5. The second-order valence-corrected chi connectivity index (χ2v) is 10.2. The molecule has 0 atom stereocenters. The van der Waals surface area contributed by atoms with Crippen molar-refractivity contribution in [1.29, 1.82) is 0 Å². The van der Waals surface area contributed by atoms with Crippen LogP contribution < -0.4 is 19.8 Å². The summed E-state index contributed by atoms with van der Waals surface area (Å²) >= 11 is 3.46. The SMILES string of the molecule is CC(C)c1nc2ccc(Br)cc2c(=O)n1N=Cc1c(OCc2ccc3c(c2)OCO3)ccc2ccccc12. The topological polar surface area (TPSA) is 74.9 Å². The van der Waals surface area contributed by atoms with Gasteiger partial charge in [-0.25, -0.2) is 4.98 Å². The minimum Gasteiger partial charge on any atom is -0.488 e. The van der Waals surface area contributed by atoms with Crippen LogP contribution in [0.4, 0.5) is 0 Å². The molecule has 0 saturated heterocycles. The Hall–Kier alpha value is -4.17. The number of ether oxygens (including phenoxy) is 3. The van der Waals surface area contributed by atoms with E-state index >= 15 is 0 Å². The smallest absolute Gasteiger partial charge is 0.282 e. The first-order valence-corrected chi connectivity index (χ1v) is 13.1. The Balaban J connectivity index is 1.43. The van der Waals surface area contributed by atoms with E-state index in [1.807, 2.05) is 80.6 Å². The maximum Gasteiger partial charge on any atom is 0.282 e. The van der Waals surface area contributed by atoms with Gasteiger partial charge in [0, 0.05) is 16.0 Å². The van der Waals surface area contributed by atoms with Crippen molar-refractivity contribution in [3.8, 4) is 17.2 Å². The lowest BCUT2D eigenvalue weighted by Crippen LogP contribution is -2.23. The van der Waals surface area contributed by atoms with Crippen LogP contribution in [0.15, 0.2) is 87.2 Å². The molecule has 0 N–H and O–H groups in total. The van der Waals surface area contributed by atoms with Crippen molar-refractivity contribution in [3.63, 3.8) is 0 Å². The van der Waals surface area contributed by atoms with Crippen LogP contribution in [0, 0.1) is 0 Å². The second-order valence-electron chi connectivity index (χ2n) is 9.32. The molecule has 0 fully saturated rings. The van der Waals surface area contributed by atoms with Crippen LogP contribution in [0.1, 0.15) is 36.7 Å². The number of hydrogen-bond donors (Lipinski definition) is 0. The number of rotatable bonds is 6. The van der Waals surface area contributed by atoms with Crippen LogP contribution in [-0.2, 0) is 6.61 Å². The summed E-state index contributed by atoms with van der Waals surface area (Å²) in [4.78, 5) is 18.3. The lowest BCUT2D eigenvalue weighted by molar-refractivity contribution is 0.174. The van der Waals surface area contributed by atoms with Crippen LogP contribution in [0.3, 0.4) is 0 Å². The molecule has 4 aromatic carbocycles. The molecule has 0 spiro atoms. The molecule has 5 aromatic rings. The van der Waals surface area contributed by atoms with Crippen LogP contribution in [0.2, 0.25) is 0 Å². The molecule has 7 nitrogen and oxygen atoms in total. The Morgan fingerprint density at radius 2 is 1.87 bits per heavy atom. The summed E-state index contributed by atoms with van der Waals surface area (Å²) in [5.74, 6) is 2.67. The van der Waals surface area contributed by atoms with Gasteiger partial charge in [-0.1, -0.05) is 66.2 Å². The lowest BCUT2D eigenvalue weighted by atomic mass is 10.0. The Labute approximate surface area is 227 Å². The molecule has 1 aliphatic heterocycles. The van der Waals surface area contributed by atoms with Gasteiger partial charge in [-0.15, -0.1) is 0 Å². The third-order valence-electron chi connectivity index (χ3n) is 6.41. The van der Waals surface area contributed by atoms with Crippen molar-refractivity contribution < 1.29 is 14.2 Å². The molecule has 1 aliphatic rings. The molecule has 38 heavy (non-hydrogen) atoms. The third kappa shape index (κ3) is 4.52. The van der Waals surface area contributed by atoms with Gasteiger partial charge in [0.1, 0.15) is 18.2 Å². The molecule has 0 aliphatic carbocycles. The first kappa shape index (κ1) is 24.2. The van der Waals surface area contributed by atoms with Gasteiger partial charge in [0.25, 0.3) is 5.56 Å². The molecule has 0 amide bonds. The van der Waals surface area contributed by atoms with E-state index in [4.69, 9.17) is 19.2 Å². The van der Waals surface area contributed by atoms with Crippen molar-refractivity contribution in [3.05, 3.63) is 105 Å². The van der Waals surface area contributed by atoms with Crippen molar-refractivity contribution in [2.45, 2.75) is 26.4 Å². The van der Waals surface area contributed by atoms with E-state index in [0.29, 0.717) is 34.8 Å². The average molecular weight is 570 g/mol. The van der Waals surface area contributed by atoms with Crippen molar-refractivity contribution in [1.82, 2.24) is 9.66 Å². The van der Waals surface area contributed by atoms with Gasteiger partial charge in [0.2, 0.25) is 6.79 Å². The largest absolute Gasteiger partial charge is 0.488 e. The van der Waals surface area contributed by atoms with E-state index in [1.54, 1.807) is 12.3 Å². The number of aromatic nitrogens is 2. The lowest BCUT2D eigenvalue weighted by Gasteiger charge is -2.14. The van der Waals surface area contributed by atoms with E-state index in [1.165, 1.54) is 4.68 Å². The van der Waals surface area contributed by atoms with Crippen molar-refractivity contribution in [2.75, 3.05) is 6.79 Å². The summed E-state index contributed by atoms with van der Waals surface area (Å²) in [5.41, 5.74) is 2.15. The molecule has 2 heterocycles. The van der Waals surface area contributed by atoms with Crippen LogP contribution in [0.5, 0.6) is 17.2 Å². The monoisotopic (exact) mass is 569 g/mol. The predicted molar refractivity (Wildman–Crippen MR) is 152 cm³/mol. The first-order valence-electron chi connectivity index (χ1n) is 12.3. The van der Waals surface area contributed by atoms with Crippen molar-refractivity contribution >= 4 is 43.8 Å². The molecular formula is C30H24BrN3O4. The zero-order valence-electron chi connectivity index (χ0n) is 20.8. The van der Waals surface area contributed by atoms with Crippen LogP contribution >= 0.6 is 15.9 Å². The van der Waals surface area contributed by atoms with E-state index in [9.17, 15) is 4.79 Å². The number of benzene rings is 4. The quantitative estimate of drug-likeness (QED) is 0.215. The van der Waals surface area contributed by atoms with E-state index in [2.05, 4.69) is 21.0 Å². The summed E-state index contributed by atoms with van der Waals surface area (Å²) in [5, 5.41) is 7.18. The minimum atomic E-state index is -0.223. The van der Waals surface area contributed by atoms with E-state index in [0.717, 1.165) is 32.1 Å². The Bertz CT molecular complexity index is 1780. The van der Waals surface area contributed by atoms with Crippen LogP contribution in [0.25, 0.3) is 21.7 Å². The fraction of sp³-hybridized carbons (Fsp3) is 0.167. The zero-order valence-corrected chi connectivity index (χ0v) is 22.4. The van der Waals surface area contributed by atoms with Crippen LogP contribution in [-0.4, -0.2) is 22.7 Å². The van der Waals surface area contributed by atoms with Gasteiger partial charge in [0.15, 0.2) is 11.5 Å². The standard InChI is InChI=1S/C30H24BrN3O4/c1-18(2)29-33-25-10-9-21(31)14-23(25)30(35)34(29)32-15-24-22-6-4-3-5-20(22)8-12-26(24)36-16-19-7-11-27-28(13-19)38-17-37-27/h3-15,18H,16-17H2,1-2H3. The molecule has 1 aromatic heterocycles. The minimum absolute atomic E-state index is 0.0119. The van der Waals surface area contributed by atoms with Crippen molar-refractivity contribution in [2.24, 2.45) is 5.10 Å². The fourth-order valence-electron chi connectivity index (χ4n) is 4.49. The van der Waals surface area contributed by atoms with E-state index < -0.39 is 0 Å². The van der Waals surface area contributed by atoms with Gasteiger partial charge >= 0.3 is 0 Å². The zero-order chi connectivity index (χ0) is 26.2. The second kappa shape index (κ2) is 9.95. The highest BCUT2D eigenvalue weighted by molar-refractivity contribution is 9.10. The highest BCUT2D eigenvalue weighted by atomic mass is 79.9. The molecule has 0 unspecified atom stereocenters. The van der Waals surface area contributed by atoms with Gasteiger partial charge in [-0.3, -0.25) is 4.79 Å².